The molecule has 1 aliphatic carbocycles. The van der Waals surface area contributed by atoms with E-state index >= 15 is 0 Å². The van der Waals surface area contributed by atoms with Gasteiger partial charge in [-0.05, 0) is 20.8 Å². The first-order valence-electron chi connectivity index (χ1n) is 6.00. The Morgan fingerprint density at radius 2 is 1.83 bits per heavy atom. The zero-order chi connectivity index (χ0) is 13.5. The lowest BCUT2D eigenvalue weighted by atomic mass is 9.99. The third-order valence-electron chi connectivity index (χ3n) is 2.46. The molecule has 0 N–H and O–H groups in total. The molecule has 0 saturated carbocycles. The number of hydrogen-bond acceptors (Lipinski definition) is 4. The first-order valence-corrected chi connectivity index (χ1v) is 6.00. The highest BCUT2D eigenvalue weighted by atomic mass is 16.5. The molecular weight excluding hydrogens is 232 g/mol. The van der Waals surface area contributed by atoms with Crippen molar-refractivity contribution in [2.45, 2.75) is 20.8 Å². The molecule has 0 saturated heterocycles. The molecule has 0 heterocycles. The molecule has 4 heteroatoms. The monoisotopic (exact) mass is 250 g/mol. The number of ether oxygens (including phenoxy) is 2. The van der Waals surface area contributed by atoms with Gasteiger partial charge in [0.05, 0.1) is 18.8 Å². The lowest BCUT2D eigenvalue weighted by molar-refractivity contribution is -0.148. The maximum Gasteiger partial charge on any atom is 0.335 e. The van der Waals surface area contributed by atoms with E-state index in [2.05, 4.69) is 0 Å². The zero-order valence-electron chi connectivity index (χ0n) is 10.9. The van der Waals surface area contributed by atoms with E-state index < -0.39 is 17.9 Å². The van der Waals surface area contributed by atoms with Crippen LogP contribution in [-0.2, 0) is 19.1 Å². The highest BCUT2D eigenvalue weighted by molar-refractivity contribution is 5.97. The number of rotatable bonds is 4. The molecule has 0 aromatic heterocycles. The number of carbonyl (C=O) groups is 2. The molecule has 1 unspecified atom stereocenters. The summed E-state index contributed by atoms with van der Waals surface area (Å²) in [6.07, 6.45) is 6.86. The maximum atomic E-state index is 11.8. The fraction of sp³-hybridized carbons (Fsp3) is 0.429. The Morgan fingerprint density at radius 3 is 2.44 bits per heavy atom. The first kappa shape index (κ1) is 14.2. The van der Waals surface area contributed by atoms with E-state index in [0.29, 0.717) is 5.57 Å². The van der Waals surface area contributed by atoms with E-state index in [0.717, 1.165) is 5.57 Å². The van der Waals surface area contributed by atoms with Crippen LogP contribution in [0.25, 0.3) is 0 Å². The van der Waals surface area contributed by atoms with Crippen LogP contribution in [0.2, 0.25) is 0 Å². The minimum Gasteiger partial charge on any atom is -0.465 e. The average molecular weight is 250 g/mol. The van der Waals surface area contributed by atoms with Crippen molar-refractivity contribution in [2.24, 2.45) is 5.92 Å². The second-order valence-corrected chi connectivity index (χ2v) is 3.84. The molecule has 0 fully saturated rings. The predicted octanol–water partition coefficient (Wildman–Crippen LogP) is 2.17. The Hall–Kier alpha value is -1.84. The van der Waals surface area contributed by atoms with Gasteiger partial charge >= 0.3 is 11.9 Å². The third kappa shape index (κ3) is 3.58. The molecule has 0 aromatic carbocycles. The van der Waals surface area contributed by atoms with Crippen molar-refractivity contribution in [1.29, 1.82) is 0 Å². The zero-order valence-corrected chi connectivity index (χ0v) is 10.9. The van der Waals surface area contributed by atoms with E-state index in [1.165, 1.54) is 0 Å². The lowest BCUT2D eigenvalue weighted by Crippen LogP contribution is -2.23. The van der Waals surface area contributed by atoms with Crippen LogP contribution in [0.5, 0.6) is 0 Å². The van der Waals surface area contributed by atoms with Crippen molar-refractivity contribution in [3.63, 3.8) is 0 Å². The molecule has 0 amide bonds. The minimum absolute atomic E-state index is 0.276. The van der Waals surface area contributed by atoms with E-state index in [1.807, 2.05) is 6.92 Å². The molecule has 1 aliphatic rings. The Bertz CT molecular complexity index is 416. The summed E-state index contributed by atoms with van der Waals surface area (Å²) in [7, 11) is 0. The Balaban J connectivity index is 3.01. The molecule has 1 atom stereocenters. The van der Waals surface area contributed by atoms with Crippen LogP contribution in [0.15, 0.2) is 35.5 Å². The Kier molecular flexibility index (Phi) is 5.36. The molecule has 1 rings (SSSR count). The fourth-order valence-corrected chi connectivity index (χ4v) is 1.58. The molecule has 0 spiro atoms. The fourth-order valence-electron chi connectivity index (χ4n) is 1.58. The van der Waals surface area contributed by atoms with Gasteiger partial charge in [-0.1, -0.05) is 29.9 Å². The number of hydrogen-bond donors (Lipinski definition) is 0. The number of carbonyl (C=O) groups excluding carboxylic acids is 2. The molecule has 0 bridgehead atoms. The van der Waals surface area contributed by atoms with Gasteiger partial charge in [-0.15, -0.1) is 0 Å². The van der Waals surface area contributed by atoms with Gasteiger partial charge in [0.15, 0.2) is 0 Å². The average Bonchev–Trinajstić information content (AvgIpc) is 2.52. The molecule has 0 aliphatic heterocycles. The van der Waals surface area contributed by atoms with Crippen molar-refractivity contribution in [2.75, 3.05) is 13.2 Å². The second-order valence-electron chi connectivity index (χ2n) is 3.84. The first-order chi connectivity index (χ1) is 8.60. The van der Waals surface area contributed by atoms with Crippen LogP contribution in [-0.4, -0.2) is 25.2 Å². The van der Waals surface area contributed by atoms with Crippen LogP contribution >= 0.6 is 0 Å². The van der Waals surface area contributed by atoms with Gasteiger partial charge in [0.2, 0.25) is 0 Å². The summed E-state index contributed by atoms with van der Waals surface area (Å²) in [5.74, 6) is -1.61. The summed E-state index contributed by atoms with van der Waals surface area (Å²) in [6.45, 7) is 5.91. The lowest BCUT2D eigenvalue weighted by Gasteiger charge is -2.13. The van der Waals surface area contributed by atoms with Crippen LogP contribution in [0.4, 0.5) is 0 Å². The predicted molar refractivity (Wildman–Crippen MR) is 67.7 cm³/mol. The van der Waals surface area contributed by atoms with Crippen molar-refractivity contribution in [3.05, 3.63) is 35.5 Å². The van der Waals surface area contributed by atoms with Gasteiger partial charge in [0, 0.05) is 0 Å². The summed E-state index contributed by atoms with van der Waals surface area (Å²) < 4.78 is 9.92. The van der Waals surface area contributed by atoms with Crippen molar-refractivity contribution in [3.8, 4) is 0 Å². The van der Waals surface area contributed by atoms with Crippen molar-refractivity contribution >= 4 is 11.9 Å². The van der Waals surface area contributed by atoms with Gasteiger partial charge in [0.1, 0.15) is 5.92 Å². The highest BCUT2D eigenvalue weighted by Gasteiger charge is 2.28. The summed E-state index contributed by atoms with van der Waals surface area (Å²) in [4.78, 5) is 23.6. The second kappa shape index (κ2) is 6.79. The summed E-state index contributed by atoms with van der Waals surface area (Å²) >= 11 is 0. The molecule has 4 nitrogen and oxygen atoms in total. The van der Waals surface area contributed by atoms with Gasteiger partial charge in [0.25, 0.3) is 0 Å². The van der Waals surface area contributed by atoms with E-state index in [1.54, 1.807) is 38.2 Å². The Morgan fingerprint density at radius 1 is 1.17 bits per heavy atom. The minimum atomic E-state index is -0.697. The quantitative estimate of drug-likeness (QED) is 0.717. The normalized spacial score (nSPS) is 18.5. The van der Waals surface area contributed by atoms with E-state index in [-0.39, 0.29) is 13.2 Å². The topological polar surface area (TPSA) is 52.6 Å². The van der Waals surface area contributed by atoms with Gasteiger partial charge < -0.3 is 9.47 Å². The largest absolute Gasteiger partial charge is 0.465 e. The molecule has 0 radical (unpaired) electrons. The van der Waals surface area contributed by atoms with Crippen molar-refractivity contribution < 1.29 is 19.1 Å². The van der Waals surface area contributed by atoms with Gasteiger partial charge in [-0.3, -0.25) is 4.79 Å². The standard InChI is InChI=1S/C14H18O4/c1-4-17-13(15)11-8-6-10(3)7-9-12(11)14(16)18-5-2/h6-9,11H,4-5H2,1-3H3. The van der Waals surface area contributed by atoms with E-state index in [9.17, 15) is 9.59 Å². The smallest absolute Gasteiger partial charge is 0.335 e. The SMILES string of the molecule is CCOC(=O)C1=CC=C(C)C=CC1C(=O)OCC. The van der Waals surface area contributed by atoms with Crippen LogP contribution in [0.3, 0.4) is 0 Å². The van der Waals surface area contributed by atoms with Crippen LogP contribution < -0.4 is 0 Å². The summed E-state index contributed by atoms with van der Waals surface area (Å²) in [5, 5.41) is 0. The van der Waals surface area contributed by atoms with Crippen LogP contribution in [0.1, 0.15) is 20.8 Å². The molecular formula is C14H18O4. The van der Waals surface area contributed by atoms with E-state index in [4.69, 9.17) is 9.47 Å². The molecule has 98 valence electrons. The van der Waals surface area contributed by atoms with Crippen LogP contribution in [0, 0.1) is 5.92 Å². The summed E-state index contributed by atoms with van der Waals surface area (Å²) in [6, 6.07) is 0. The summed E-state index contributed by atoms with van der Waals surface area (Å²) in [5.41, 5.74) is 1.27. The molecule has 0 aromatic rings. The molecule has 18 heavy (non-hydrogen) atoms. The maximum absolute atomic E-state index is 11.8. The van der Waals surface area contributed by atoms with Gasteiger partial charge in [-0.2, -0.15) is 0 Å². The number of allylic oxidation sites excluding steroid dienone is 4. The van der Waals surface area contributed by atoms with Gasteiger partial charge in [-0.25, -0.2) is 4.79 Å². The number of esters is 2. The highest BCUT2D eigenvalue weighted by Crippen LogP contribution is 2.21. The Labute approximate surface area is 107 Å². The third-order valence-corrected chi connectivity index (χ3v) is 2.46. The van der Waals surface area contributed by atoms with Crippen molar-refractivity contribution in [1.82, 2.24) is 0 Å².